The number of thioether (sulfide) groups is 1. The van der Waals surface area contributed by atoms with Crippen LogP contribution in [0.25, 0.3) is 10.9 Å². The van der Waals surface area contributed by atoms with Crippen LogP contribution in [0.15, 0.2) is 64.5 Å². The smallest absolute Gasteiger partial charge is 0.135 e. The van der Waals surface area contributed by atoms with Gasteiger partial charge in [0.15, 0.2) is 0 Å². The van der Waals surface area contributed by atoms with Gasteiger partial charge < -0.3 is 14.2 Å². The zero-order valence-electron chi connectivity index (χ0n) is 14.6. The highest BCUT2D eigenvalue weighted by Gasteiger charge is 2.16. The lowest BCUT2D eigenvalue weighted by Crippen LogP contribution is -1.99. The highest BCUT2D eigenvalue weighted by molar-refractivity contribution is 9.10. The molecule has 0 fully saturated rings. The first kappa shape index (κ1) is 18.5. The minimum Gasteiger partial charge on any atom is -0.506 e. The Morgan fingerprint density at radius 3 is 2.70 bits per heavy atom. The number of rotatable bonds is 5. The Kier molecular flexibility index (Phi) is 5.21. The van der Waals surface area contributed by atoms with E-state index in [0.29, 0.717) is 11.0 Å². The van der Waals surface area contributed by atoms with Gasteiger partial charge in [0.05, 0.1) is 17.3 Å². The Morgan fingerprint density at radius 1 is 1.22 bits per heavy atom. The van der Waals surface area contributed by atoms with Crippen molar-refractivity contribution in [2.75, 3.05) is 0 Å². The molecule has 2 aromatic carbocycles. The van der Waals surface area contributed by atoms with E-state index in [1.807, 2.05) is 41.1 Å². The van der Waals surface area contributed by atoms with Crippen molar-refractivity contribution in [3.63, 3.8) is 0 Å². The minimum atomic E-state index is 0.277. The lowest BCUT2D eigenvalue weighted by molar-refractivity contribution is 0.464. The number of halogens is 2. The number of fused-ring (bicyclic) bond motifs is 1. The SMILES string of the molecule is Cn1c(CSc2ccc(Cl)cc2)cc2c(Cn3ccnc3)c(O)c(Br)cc21. The van der Waals surface area contributed by atoms with Crippen molar-refractivity contribution in [1.29, 1.82) is 0 Å². The van der Waals surface area contributed by atoms with Gasteiger partial charge in [-0.15, -0.1) is 11.8 Å². The van der Waals surface area contributed by atoms with Crippen molar-refractivity contribution in [2.24, 2.45) is 7.05 Å². The summed E-state index contributed by atoms with van der Waals surface area (Å²) in [5.41, 5.74) is 3.16. The van der Waals surface area contributed by atoms with Gasteiger partial charge >= 0.3 is 0 Å². The first-order valence-corrected chi connectivity index (χ1v) is 10.5. The number of imidazole rings is 1. The Balaban J connectivity index is 1.70. The molecule has 27 heavy (non-hydrogen) atoms. The third-order valence-corrected chi connectivity index (χ3v) is 6.48. The fraction of sp³-hybridized carbons (Fsp3) is 0.150. The summed E-state index contributed by atoms with van der Waals surface area (Å²) in [7, 11) is 2.06. The predicted octanol–water partition coefficient (Wildman–Crippen LogP) is 5.84. The summed E-state index contributed by atoms with van der Waals surface area (Å²) in [5.74, 6) is 1.11. The third kappa shape index (κ3) is 3.74. The second-order valence-electron chi connectivity index (χ2n) is 6.29. The first-order chi connectivity index (χ1) is 13.0. The van der Waals surface area contributed by atoms with Crippen LogP contribution in [0.5, 0.6) is 5.75 Å². The lowest BCUT2D eigenvalue weighted by atomic mass is 10.1. The van der Waals surface area contributed by atoms with Crippen LogP contribution in [0.1, 0.15) is 11.3 Å². The van der Waals surface area contributed by atoms with Gasteiger partial charge in [0, 0.05) is 57.3 Å². The van der Waals surface area contributed by atoms with Gasteiger partial charge in [0.2, 0.25) is 0 Å². The van der Waals surface area contributed by atoms with E-state index in [4.69, 9.17) is 11.6 Å². The molecule has 138 valence electrons. The maximum absolute atomic E-state index is 10.6. The predicted molar refractivity (Wildman–Crippen MR) is 115 cm³/mol. The molecule has 0 radical (unpaired) electrons. The second kappa shape index (κ2) is 7.62. The van der Waals surface area contributed by atoms with Crippen molar-refractivity contribution in [3.05, 3.63) is 75.9 Å². The van der Waals surface area contributed by atoms with Crippen LogP contribution >= 0.6 is 39.3 Å². The van der Waals surface area contributed by atoms with Gasteiger partial charge in [0.25, 0.3) is 0 Å². The molecule has 0 amide bonds. The Hall–Kier alpha value is -1.89. The second-order valence-corrected chi connectivity index (χ2v) is 8.63. The standard InChI is InChI=1S/C20H17BrClN3OS/c1-24-14(11-27-15-4-2-13(22)3-5-15)8-16-17(10-25-7-6-23-12-25)20(26)18(21)9-19(16)24/h2-9,12,26H,10-11H2,1H3. The van der Waals surface area contributed by atoms with Gasteiger partial charge in [-0.05, 0) is 52.3 Å². The maximum atomic E-state index is 10.6. The molecule has 4 aromatic rings. The van der Waals surface area contributed by atoms with E-state index in [1.165, 1.54) is 10.6 Å². The number of aromatic nitrogens is 3. The molecule has 0 aliphatic heterocycles. The molecule has 4 nitrogen and oxygen atoms in total. The summed E-state index contributed by atoms with van der Waals surface area (Å²) < 4.78 is 4.83. The molecular formula is C20H17BrClN3OS. The molecule has 0 saturated heterocycles. The Labute approximate surface area is 174 Å². The minimum absolute atomic E-state index is 0.277. The van der Waals surface area contributed by atoms with Crippen molar-refractivity contribution in [3.8, 4) is 5.75 Å². The molecular weight excluding hydrogens is 446 g/mol. The zero-order valence-corrected chi connectivity index (χ0v) is 17.7. The van der Waals surface area contributed by atoms with E-state index in [9.17, 15) is 5.11 Å². The summed E-state index contributed by atoms with van der Waals surface area (Å²) in [6.07, 6.45) is 5.39. The van der Waals surface area contributed by atoms with Crippen molar-refractivity contribution in [1.82, 2.24) is 14.1 Å². The average molecular weight is 463 g/mol. The number of benzene rings is 2. The molecule has 7 heteroatoms. The van der Waals surface area contributed by atoms with Crippen molar-refractivity contribution >= 4 is 50.2 Å². The van der Waals surface area contributed by atoms with Crippen LogP contribution in [0.4, 0.5) is 0 Å². The van der Waals surface area contributed by atoms with E-state index >= 15 is 0 Å². The summed E-state index contributed by atoms with van der Waals surface area (Å²) >= 11 is 11.2. The van der Waals surface area contributed by atoms with Crippen LogP contribution in [0.2, 0.25) is 5.02 Å². The van der Waals surface area contributed by atoms with Crippen molar-refractivity contribution < 1.29 is 5.11 Å². The molecule has 0 saturated carbocycles. The van der Waals surface area contributed by atoms with Crippen LogP contribution in [-0.2, 0) is 19.3 Å². The van der Waals surface area contributed by atoms with Gasteiger partial charge in [-0.1, -0.05) is 11.6 Å². The normalized spacial score (nSPS) is 11.4. The van der Waals surface area contributed by atoms with E-state index < -0.39 is 0 Å². The number of nitrogens with zero attached hydrogens (tertiary/aromatic N) is 3. The molecule has 2 aromatic heterocycles. The molecule has 0 atom stereocenters. The number of aryl methyl sites for hydroxylation is 1. The van der Waals surface area contributed by atoms with Gasteiger partial charge in [-0.3, -0.25) is 0 Å². The lowest BCUT2D eigenvalue weighted by Gasteiger charge is -2.10. The topological polar surface area (TPSA) is 43.0 Å². The largest absolute Gasteiger partial charge is 0.506 e. The molecule has 0 aliphatic rings. The zero-order chi connectivity index (χ0) is 19.0. The van der Waals surface area contributed by atoms with E-state index in [1.54, 1.807) is 24.3 Å². The number of phenols is 1. The number of phenolic OH excluding ortho intramolecular Hbond substituents is 1. The fourth-order valence-electron chi connectivity index (χ4n) is 3.10. The highest BCUT2D eigenvalue weighted by atomic mass is 79.9. The highest BCUT2D eigenvalue weighted by Crippen LogP contribution is 2.37. The molecule has 0 aliphatic carbocycles. The van der Waals surface area contributed by atoms with Crippen LogP contribution in [-0.4, -0.2) is 19.2 Å². The molecule has 0 unspecified atom stereocenters. The van der Waals surface area contributed by atoms with E-state index in [2.05, 4.69) is 38.6 Å². The number of hydrogen-bond donors (Lipinski definition) is 1. The van der Waals surface area contributed by atoms with Crippen LogP contribution < -0.4 is 0 Å². The van der Waals surface area contributed by atoms with Crippen LogP contribution in [0, 0.1) is 0 Å². The third-order valence-electron chi connectivity index (χ3n) is 4.58. The van der Waals surface area contributed by atoms with Gasteiger partial charge in [0.1, 0.15) is 5.75 Å². The molecule has 4 rings (SSSR count). The Bertz CT molecular complexity index is 1090. The molecule has 2 heterocycles. The van der Waals surface area contributed by atoms with Crippen molar-refractivity contribution in [2.45, 2.75) is 17.2 Å². The van der Waals surface area contributed by atoms with E-state index in [-0.39, 0.29) is 5.75 Å². The average Bonchev–Trinajstić information content (AvgIpc) is 3.27. The summed E-state index contributed by atoms with van der Waals surface area (Å²) in [6.45, 7) is 0.565. The number of hydrogen-bond acceptors (Lipinski definition) is 3. The molecule has 0 bridgehead atoms. The first-order valence-electron chi connectivity index (χ1n) is 8.35. The number of aromatic hydroxyl groups is 1. The quantitative estimate of drug-likeness (QED) is 0.379. The Morgan fingerprint density at radius 2 is 2.00 bits per heavy atom. The monoisotopic (exact) mass is 461 g/mol. The van der Waals surface area contributed by atoms with E-state index in [0.717, 1.165) is 27.2 Å². The van der Waals surface area contributed by atoms with Gasteiger partial charge in [-0.2, -0.15) is 0 Å². The fourth-order valence-corrected chi connectivity index (χ4v) is 4.60. The summed E-state index contributed by atoms with van der Waals surface area (Å²) in [4.78, 5) is 5.27. The molecule has 0 spiro atoms. The summed E-state index contributed by atoms with van der Waals surface area (Å²) in [6, 6.07) is 12.0. The molecule has 1 N–H and O–H groups in total. The maximum Gasteiger partial charge on any atom is 0.135 e. The van der Waals surface area contributed by atoms with Gasteiger partial charge in [-0.25, -0.2) is 4.98 Å². The summed E-state index contributed by atoms with van der Waals surface area (Å²) in [5, 5.41) is 12.4. The van der Waals surface area contributed by atoms with Crippen LogP contribution in [0.3, 0.4) is 0 Å².